The second kappa shape index (κ2) is 5.26. The van der Waals surface area contributed by atoms with Gasteiger partial charge in [0.2, 0.25) is 0 Å². The van der Waals surface area contributed by atoms with E-state index in [-0.39, 0.29) is 0 Å². The molecule has 0 atom stereocenters. The molecule has 0 aliphatic heterocycles. The van der Waals surface area contributed by atoms with E-state index in [0.717, 1.165) is 34.9 Å². The Hall–Kier alpha value is -2.10. The summed E-state index contributed by atoms with van der Waals surface area (Å²) >= 11 is 0. The first kappa shape index (κ1) is 13.3. The van der Waals surface area contributed by atoms with E-state index in [1.165, 1.54) is 0 Å². The number of hydrogen-bond acceptors (Lipinski definition) is 2. The number of hydrogen-bond donors (Lipinski definition) is 1. The molecule has 100 valence electrons. The van der Waals surface area contributed by atoms with Crippen molar-refractivity contribution in [1.82, 2.24) is 9.55 Å². The third kappa shape index (κ3) is 3.02. The van der Waals surface area contributed by atoms with Crippen LogP contribution in [-0.2, 0) is 18.3 Å². The molecule has 0 amide bonds. The minimum Gasteiger partial charge on any atom is -0.478 e. The quantitative estimate of drug-likeness (QED) is 0.858. The number of imidazole rings is 1. The van der Waals surface area contributed by atoms with Crippen molar-refractivity contribution in [3.63, 3.8) is 0 Å². The van der Waals surface area contributed by atoms with Gasteiger partial charge in [-0.15, -0.1) is 0 Å². The fraction of sp³-hybridized carbons (Fsp3) is 0.333. The van der Waals surface area contributed by atoms with Crippen LogP contribution in [0.25, 0.3) is 17.1 Å². The van der Waals surface area contributed by atoms with E-state index in [4.69, 9.17) is 5.11 Å². The molecule has 0 saturated heterocycles. The first-order valence-electron chi connectivity index (χ1n) is 6.33. The van der Waals surface area contributed by atoms with E-state index in [9.17, 15) is 4.79 Å². The standard InChI is InChI=1S/C15H18N2O2/c1-10(2)8-14-16-12-6-4-11(5-7-15(18)19)9-13(12)17(14)3/h4-7,9-10H,8H2,1-3H3,(H,18,19)/b7-5+. The zero-order chi connectivity index (χ0) is 14.0. The number of carbonyl (C=O) groups is 1. The van der Waals surface area contributed by atoms with Crippen molar-refractivity contribution in [3.05, 3.63) is 35.7 Å². The molecular weight excluding hydrogens is 240 g/mol. The van der Waals surface area contributed by atoms with Gasteiger partial charge >= 0.3 is 5.97 Å². The van der Waals surface area contributed by atoms with E-state index in [1.807, 2.05) is 25.2 Å². The lowest BCUT2D eigenvalue weighted by Gasteiger charge is -2.04. The molecule has 0 spiro atoms. The lowest BCUT2D eigenvalue weighted by molar-refractivity contribution is -0.131. The number of aryl methyl sites for hydroxylation is 1. The Morgan fingerprint density at radius 3 is 2.84 bits per heavy atom. The summed E-state index contributed by atoms with van der Waals surface area (Å²) in [4.78, 5) is 15.1. The fourth-order valence-corrected chi connectivity index (χ4v) is 2.08. The van der Waals surface area contributed by atoms with Gasteiger partial charge in [0.1, 0.15) is 5.82 Å². The molecule has 0 bridgehead atoms. The second-order valence-electron chi connectivity index (χ2n) is 5.10. The number of aromatic nitrogens is 2. The Labute approximate surface area is 112 Å². The molecule has 0 radical (unpaired) electrons. The van der Waals surface area contributed by atoms with Crippen LogP contribution in [0.1, 0.15) is 25.2 Å². The monoisotopic (exact) mass is 258 g/mol. The summed E-state index contributed by atoms with van der Waals surface area (Å²) in [6.45, 7) is 4.33. The van der Waals surface area contributed by atoms with E-state index >= 15 is 0 Å². The van der Waals surface area contributed by atoms with Crippen molar-refractivity contribution in [2.75, 3.05) is 0 Å². The lowest BCUT2D eigenvalue weighted by atomic mass is 10.1. The summed E-state index contributed by atoms with van der Waals surface area (Å²) in [5, 5.41) is 8.64. The van der Waals surface area contributed by atoms with E-state index < -0.39 is 5.97 Å². The van der Waals surface area contributed by atoms with Crippen LogP contribution in [0.15, 0.2) is 24.3 Å². The number of rotatable bonds is 4. The summed E-state index contributed by atoms with van der Waals surface area (Å²) in [5.41, 5.74) is 2.85. The molecule has 4 nitrogen and oxygen atoms in total. The average molecular weight is 258 g/mol. The molecule has 1 heterocycles. The van der Waals surface area contributed by atoms with Crippen molar-refractivity contribution in [1.29, 1.82) is 0 Å². The second-order valence-corrected chi connectivity index (χ2v) is 5.10. The molecule has 0 aliphatic rings. The summed E-state index contributed by atoms with van der Waals surface area (Å²) in [7, 11) is 2.00. The molecule has 0 saturated carbocycles. The molecule has 0 fully saturated rings. The molecule has 19 heavy (non-hydrogen) atoms. The summed E-state index contributed by atoms with van der Waals surface area (Å²) in [5.74, 6) is 0.678. The van der Waals surface area contributed by atoms with Crippen molar-refractivity contribution < 1.29 is 9.90 Å². The largest absolute Gasteiger partial charge is 0.478 e. The highest BCUT2D eigenvalue weighted by Gasteiger charge is 2.09. The molecule has 2 aromatic rings. The maximum atomic E-state index is 10.5. The summed E-state index contributed by atoms with van der Waals surface area (Å²) in [6, 6.07) is 5.78. The van der Waals surface area contributed by atoms with Gasteiger partial charge in [0.25, 0.3) is 0 Å². The number of fused-ring (bicyclic) bond motifs is 1. The summed E-state index contributed by atoms with van der Waals surface area (Å²) in [6.07, 6.45) is 3.68. The Morgan fingerprint density at radius 2 is 2.21 bits per heavy atom. The Morgan fingerprint density at radius 1 is 1.47 bits per heavy atom. The Balaban J connectivity index is 2.42. The van der Waals surface area contributed by atoms with E-state index in [1.54, 1.807) is 6.08 Å². The van der Waals surface area contributed by atoms with Crippen molar-refractivity contribution in [2.45, 2.75) is 20.3 Å². The average Bonchev–Trinajstić information content (AvgIpc) is 2.63. The maximum absolute atomic E-state index is 10.5. The number of nitrogens with zero attached hydrogens (tertiary/aromatic N) is 2. The van der Waals surface area contributed by atoms with E-state index in [0.29, 0.717) is 5.92 Å². The van der Waals surface area contributed by atoms with Gasteiger partial charge in [-0.2, -0.15) is 0 Å². The molecule has 2 rings (SSSR count). The minimum absolute atomic E-state index is 0.557. The van der Waals surface area contributed by atoms with Crippen LogP contribution < -0.4 is 0 Å². The predicted octanol–water partition coefficient (Wildman–Crippen LogP) is 2.87. The lowest BCUT2D eigenvalue weighted by Crippen LogP contribution is -2.02. The van der Waals surface area contributed by atoms with Crippen LogP contribution in [0.5, 0.6) is 0 Å². The highest BCUT2D eigenvalue weighted by atomic mass is 16.4. The van der Waals surface area contributed by atoms with E-state index in [2.05, 4.69) is 23.4 Å². The molecule has 0 aliphatic carbocycles. The van der Waals surface area contributed by atoms with Gasteiger partial charge < -0.3 is 9.67 Å². The number of carboxylic acids is 1. The predicted molar refractivity (Wildman–Crippen MR) is 75.9 cm³/mol. The highest BCUT2D eigenvalue weighted by Crippen LogP contribution is 2.19. The van der Waals surface area contributed by atoms with Crippen molar-refractivity contribution >= 4 is 23.1 Å². The smallest absolute Gasteiger partial charge is 0.328 e. The molecule has 1 aromatic heterocycles. The van der Waals surface area contributed by atoms with Gasteiger partial charge in [0, 0.05) is 19.5 Å². The van der Waals surface area contributed by atoms with Gasteiger partial charge in [-0.25, -0.2) is 9.78 Å². The normalized spacial score (nSPS) is 11.8. The molecule has 0 unspecified atom stereocenters. The molecular formula is C15H18N2O2. The van der Waals surface area contributed by atoms with Crippen molar-refractivity contribution in [2.24, 2.45) is 13.0 Å². The SMILES string of the molecule is CC(C)Cc1nc2ccc(/C=C/C(=O)O)cc2n1C. The van der Waals surface area contributed by atoms with Crippen LogP contribution >= 0.6 is 0 Å². The third-order valence-corrected chi connectivity index (χ3v) is 3.01. The summed E-state index contributed by atoms with van der Waals surface area (Å²) < 4.78 is 2.08. The van der Waals surface area contributed by atoms with Crippen LogP contribution in [0.3, 0.4) is 0 Å². The number of benzene rings is 1. The number of aliphatic carboxylic acids is 1. The Bertz CT molecular complexity index is 639. The third-order valence-electron chi connectivity index (χ3n) is 3.01. The maximum Gasteiger partial charge on any atom is 0.328 e. The highest BCUT2D eigenvalue weighted by molar-refractivity contribution is 5.87. The molecule has 1 aromatic carbocycles. The van der Waals surface area contributed by atoms with Crippen molar-refractivity contribution in [3.8, 4) is 0 Å². The van der Waals surface area contributed by atoms with Gasteiger partial charge in [-0.05, 0) is 29.7 Å². The van der Waals surface area contributed by atoms with Gasteiger partial charge in [-0.1, -0.05) is 19.9 Å². The van der Waals surface area contributed by atoms with Crippen LogP contribution in [0.4, 0.5) is 0 Å². The molecule has 4 heteroatoms. The zero-order valence-corrected chi connectivity index (χ0v) is 11.4. The van der Waals surface area contributed by atoms with Crippen LogP contribution in [0, 0.1) is 5.92 Å². The van der Waals surface area contributed by atoms with Crippen LogP contribution in [0.2, 0.25) is 0 Å². The Kier molecular flexibility index (Phi) is 3.69. The number of carboxylic acid groups (broad SMARTS) is 1. The van der Waals surface area contributed by atoms with Crippen LogP contribution in [-0.4, -0.2) is 20.6 Å². The first-order chi connectivity index (χ1) is 8.97. The zero-order valence-electron chi connectivity index (χ0n) is 11.4. The van der Waals surface area contributed by atoms with Gasteiger partial charge in [-0.3, -0.25) is 0 Å². The topological polar surface area (TPSA) is 55.1 Å². The fourth-order valence-electron chi connectivity index (χ4n) is 2.08. The first-order valence-corrected chi connectivity index (χ1v) is 6.33. The van der Waals surface area contributed by atoms with Gasteiger partial charge in [0.05, 0.1) is 11.0 Å². The molecule has 1 N–H and O–H groups in total. The van der Waals surface area contributed by atoms with Gasteiger partial charge in [0.15, 0.2) is 0 Å². The minimum atomic E-state index is -0.939.